The van der Waals surface area contributed by atoms with Crippen LogP contribution in [-0.4, -0.2) is 47.2 Å². The van der Waals surface area contributed by atoms with Gasteiger partial charge in [-0.1, -0.05) is 36.4 Å². The number of benzene rings is 2. The molecule has 0 bridgehead atoms. The van der Waals surface area contributed by atoms with Gasteiger partial charge in [-0.05, 0) is 61.7 Å². The van der Waals surface area contributed by atoms with E-state index in [4.69, 9.17) is 5.73 Å². The van der Waals surface area contributed by atoms with Crippen LogP contribution in [-0.2, 0) is 16.1 Å². The van der Waals surface area contributed by atoms with Crippen LogP contribution in [0.4, 0.5) is 11.4 Å². The molecule has 1 fully saturated rings. The van der Waals surface area contributed by atoms with Gasteiger partial charge in [0.05, 0.1) is 11.4 Å². The molecule has 0 spiro atoms. The summed E-state index contributed by atoms with van der Waals surface area (Å²) in [7, 11) is 0. The Hall–Kier alpha value is -3.87. The second-order valence-corrected chi connectivity index (χ2v) is 7.94. The lowest BCUT2D eigenvalue weighted by Crippen LogP contribution is -2.53. The molecular weight excluding hydrogens is 416 g/mol. The summed E-state index contributed by atoms with van der Waals surface area (Å²) in [6.07, 6.45) is 5.90. The normalized spacial score (nSPS) is 14.8. The van der Waals surface area contributed by atoms with E-state index in [0.717, 1.165) is 16.7 Å². The van der Waals surface area contributed by atoms with Crippen LogP contribution in [0.5, 0.6) is 0 Å². The predicted molar refractivity (Wildman–Crippen MR) is 131 cm³/mol. The second kappa shape index (κ2) is 10.6. The van der Waals surface area contributed by atoms with Crippen molar-refractivity contribution >= 4 is 34.7 Å². The molecule has 3 N–H and O–H groups in total. The topological polar surface area (TPSA) is 95.7 Å². The standard InChI is InChI=1S/C26H30N4O3/c1-4-6-7-18(3)21-12-13-22(27)23(16-21)28-24(31)20-10-8-19(9-11-20)17-30-15-14-29(5-2)25(32)26(30)33/h4,6-13,16H,5,14-15,17,27H2,1-3H3,(H,28,31)/b6-4-,18-7+. The fourth-order valence-electron chi connectivity index (χ4n) is 3.59. The van der Waals surface area contributed by atoms with E-state index in [9.17, 15) is 14.4 Å². The number of nitrogen functional groups attached to an aromatic ring is 1. The van der Waals surface area contributed by atoms with Crippen LogP contribution in [0.1, 0.15) is 42.3 Å². The Bertz CT molecular complexity index is 1100. The van der Waals surface area contributed by atoms with Crippen molar-refractivity contribution in [2.24, 2.45) is 0 Å². The number of hydrogen-bond acceptors (Lipinski definition) is 4. The largest absolute Gasteiger partial charge is 0.397 e. The number of hydrogen-bond donors (Lipinski definition) is 2. The zero-order chi connectivity index (χ0) is 24.0. The quantitative estimate of drug-likeness (QED) is 0.385. The fourth-order valence-corrected chi connectivity index (χ4v) is 3.59. The molecule has 1 saturated heterocycles. The molecule has 0 radical (unpaired) electrons. The lowest BCUT2D eigenvalue weighted by atomic mass is 10.0. The molecule has 0 unspecified atom stereocenters. The summed E-state index contributed by atoms with van der Waals surface area (Å²) >= 11 is 0. The Morgan fingerprint density at radius 1 is 1.03 bits per heavy atom. The molecule has 3 rings (SSSR count). The van der Waals surface area contributed by atoms with Crippen molar-refractivity contribution in [3.8, 4) is 0 Å². The van der Waals surface area contributed by atoms with Crippen LogP contribution in [0.15, 0.2) is 60.7 Å². The van der Waals surface area contributed by atoms with Crippen LogP contribution < -0.4 is 11.1 Å². The van der Waals surface area contributed by atoms with Gasteiger partial charge in [-0.25, -0.2) is 0 Å². The Morgan fingerprint density at radius 3 is 2.33 bits per heavy atom. The van der Waals surface area contributed by atoms with Crippen LogP contribution in [0.3, 0.4) is 0 Å². The van der Waals surface area contributed by atoms with Gasteiger partial charge in [0.25, 0.3) is 5.91 Å². The maximum Gasteiger partial charge on any atom is 0.312 e. The predicted octanol–water partition coefficient (Wildman–Crippen LogP) is 3.69. The zero-order valence-corrected chi connectivity index (χ0v) is 19.3. The van der Waals surface area contributed by atoms with E-state index in [1.54, 1.807) is 40.1 Å². The lowest BCUT2D eigenvalue weighted by Gasteiger charge is -2.33. The van der Waals surface area contributed by atoms with Crippen LogP contribution in [0, 0.1) is 0 Å². The van der Waals surface area contributed by atoms with Gasteiger partial charge in [0.2, 0.25) is 0 Å². The van der Waals surface area contributed by atoms with Gasteiger partial charge < -0.3 is 20.9 Å². The highest BCUT2D eigenvalue weighted by atomic mass is 16.2. The highest BCUT2D eigenvalue weighted by Gasteiger charge is 2.31. The molecule has 0 aromatic heterocycles. The summed E-state index contributed by atoms with van der Waals surface area (Å²) in [5.41, 5.74) is 10.5. The number of anilines is 2. The average molecular weight is 447 g/mol. The number of rotatable bonds is 7. The van der Waals surface area contributed by atoms with Crippen molar-refractivity contribution < 1.29 is 14.4 Å². The Labute approximate surface area is 194 Å². The number of nitrogens with two attached hydrogens (primary N) is 1. The molecular formula is C26H30N4O3. The average Bonchev–Trinajstić information content (AvgIpc) is 2.82. The molecule has 3 amide bonds. The third-order valence-electron chi connectivity index (χ3n) is 5.66. The Morgan fingerprint density at radius 2 is 1.67 bits per heavy atom. The summed E-state index contributed by atoms with van der Waals surface area (Å²) in [6.45, 7) is 7.70. The summed E-state index contributed by atoms with van der Waals surface area (Å²) in [5, 5.41) is 2.88. The first-order chi connectivity index (χ1) is 15.8. The fraction of sp³-hybridized carbons (Fsp3) is 0.269. The molecule has 33 heavy (non-hydrogen) atoms. The monoisotopic (exact) mass is 446 g/mol. The third kappa shape index (κ3) is 5.68. The van der Waals surface area contributed by atoms with E-state index in [-0.39, 0.29) is 5.91 Å². The first-order valence-corrected chi connectivity index (χ1v) is 11.0. The van der Waals surface area contributed by atoms with Gasteiger partial charge in [0.1, 0.15) is 0 Å². The molecule has 2 aromatic carbocycles. The van der Waals surface area contributed by atoms with Crippen molar-refractivity contribution in [1.82, 2.24) is 9.80 Å². The van der Waals surface area contributed by atoms with E-state index < -0.39 is 11.8 Å². The van der Waals surface area contributed by atoms with Gasteiger partial charge in [0, 0.05) is 31.7 Å². The molecule has 1 aliphatic heterocycles. The molecule has 1 aliphatic rings. The Kier molecular flexibility index (Phi) is 7.66. The van der Waals surface area contributed by atoms with Gasteiger partial charge in [-0.3, -0.25) is 14.4 Å². The highest BCUT2D eigenvalue weighted by Crippen LogP contribution is 2.25. The van der Waals surface area contributed by atoms with E-state index >= 15 is 0 Å². The third-order valence-corrected chi connectivity index (χ3v) is 5.66. The molecule has 2 aromatic rings. The maximum absolute atomic E-state index is 12.8. The van der Waals surface area contributed by atoms with Gasteiger partial charge in [-0.15, -0.1) is 0 Å². The molecule has 7 heteroatoms. The summed E-state index contributed by atoms with van der Waals surface area (Å²) < 4.78 is 0. The highest BCUT2D eigenvalue weighted by molar-refractivity contribution is 6.35. The van der Waals surface area contributed by atoms with Gasteiger partial charge in [0.15, 0.2) is 0 Å². The SMILES string of the molecule is C/C=C\C=C(/C)c1ccc(N)c(NC(=O)c2ccc(CN3CCN(CC)C(=O)C3=O)cc2)c1. The van der Waals surface area contributed by atoms with Crippen molar-refractivity contribution in [2.45, 2.75) is 27.3 Å². The number of nitrogens with zero attached hydrogens (tertiary/aromatic N) is 2. The van der Waals surface area contributed by atoms with Crippen LogP contribution in [0.2, 0.25) is 0 Å². The molecule has 0 saturated carbocycles. The molecule has 7 nitrogen and oxygen atoms in total. The summed E-state index contributed by atoms with van der Waals surface area (Å²) in [6, 6.07) is 12.5. The molecule has 0 atom stereocenters. The Balaban J connectivity index is 1.68. The number of allylic oxidation sites excluding steroid dienone is 4. The number of carbonyl (C=O) groups is 3. The summed E-state index contributed by atoms with van der Waals surface area (Å²) in [4.78, 5) is 40.2. The number of likely N-dealkylation sites (N-methyl/N-ethyl adjacent to an activating group) is 1. The maximum atomic E-state index is 12.8. The number of amides is 3. The first-order valence-electron chi connectivity index (χ1n) is 11.0. The van der Waals surface area contributed by atoms with Crippen molar-refractivity contribution in [1.29, 1.82) is 0 Å². The van der Waals surface area contributed by atoms with E-state index in [1.165, 1.54) is 0 Å². The first kappa shape index (κ1) is 23.8. The van der Waals surface area contributed by atoms with E-state index in [2.05, 4.69) is 5.32 Å². The zero-order valence-electron chi connectivity index (χ0n) is 19.3. The van der Waals surface area contributed by atoms with Gasteiger partial charge in [-0.2, -0.15) is 0 Å². The second-order valence-electron chi connectivity index (χ2n) is 7.94. The number of piperazine rings is 1. The molecule has 0 aliphatic carbocycles. The number of nitrogens with one attached hydrogen (secondary N) is 1. The van der Waals surface area contributed by atoms with E-state index in [0.29, 0.717) is 43.1 Å². The van der Waals surface area contributed by atoms with Crippen molar-refractivity contribution in [2.75, 3.05) is 30.7 Å². The molecule has 1 heterocycles. The number of carbonyl (C=O) groups excluding carboxylic acids is 3. The minimum Gasteiger partial charge on any atom is -0.397 e. The minimum absolute atomic E-state index is 0.275. The van der Waals surface area contributed by atoms with Crippen molar-refractivity contribution in [3.05, 3.63) is 77.4 Å². The van der Waals surface area contributed by atoms with E-state index in [1.807, 2.05) is 51.1 Å². The van der Waals surface area contributed by atoms with Crippen LogP contribution >= 0.6 is 0 Å². The van der Waals surface area contributed by atoms with Crippen LogP contribution in [0.25, 0.3) is 5.57 Å². The minimum atomic E-state index is -0.487. The smallest absolute Gasteiger partial charge is 0.312 e. The summed E-state index contributed by atoms with van der Waals surface area (Å²) in [5.74, 6) is -1.22. The van der Waals surface area contributed by atoms with Gasteiger partial charge >= 0.3 is 11.8 Å². The van der Waals surface area contributed by atoms with Crippen molar-refractivity contribution in [3.63, 3.8) is 0 Å². The lowest BCUT2D eigenvalue weighted by molar-refractivity contribution is -0.156. The molecule has 172 valence electrons.